The smallest absolute Gasteiger partial charge is 0.278 e. The number of halogens is 2. The summed E-state index contributed by atoms with van der Waals surface area (Å²) in [5.74, 6) is 6.31. The van der Waals surface area contributed by atoms with Gasteiger partial charge in [-0.3, -0.25) is 15.1 Å². The van der Waals surface area contributed by atoms with E-state index >= 15 is 0 Å². The standard InChI is InChI=1S/C39H36ClN7O4S.ClH/c40-31-13-15-33(16-14-31)50-24-27-9-11-29(12-10-27)37-43-35(51-45-37)23-46-17-18-47(39(49)38(48)44-41)22-32(46)20-28-7-4-8-30(19-28)34-25-52-36(42-34)21-26-5-2-1-3-6-26;/h1-16,19-20,25,39,49H,17-18,21-24,41H2,(H,44,48);1H. The zero-order valence-corrected chi connectivity index (χ0v) is 30.9. The number of benzene rings is 4. The van der Waals surface area contributed by atoms with Gasteiger partial charge in [0.2, 0.25) is 11.7 Å². The van der Waals surface area contributed by atoms with Gasteiger partial charge < -0.3 is 19.3 Å². The molecule has 53 heavy (non-hydrogen) atoms. The number of nitrogens with zero attached hydrogens (tertiary/aromatic N) is 5. The molecule has 0 radical (unpaired) electrons. The van der Waals surface area contributed by atoms with E-state index in [9.17, 15) is 9.90 Å². The van der Waals surface area contributed by atoms with Crippen molar-refractivity contribution >= 4 is 47.3 Å². The molecule has 4 aromatic carbocycles. The highest BCUT2D eigenvalue weighted by molar-refractivity contribution is 7.10. The number of aliphatic hydroxyl groups is 1. The van der Waals surface area contributed by atoms with Gasteiger partial charge in [0.25, 0.3) is 5.91 Å². The Kier molecular flexibility index (Phi) is 12.5. The number of hydrazine groups is 1. The van der Waals surface area contributed by atoms with Gasteiger partial charge in [-0.25, -0.2) is 10.8 Å². The third kappa shape index (κ3) is 9.68. The highest BCUT2D eigenvalue weighted by Crippen LogP contribution is 2.27. The minimum atomic E-state index is -1.39. The fraction of sp³-hybridized carbons (Fsp3) is 0.179. The van der Waals surface area contributed by atoms with E-state index in [-0.39, 0.29) is 19.0 Å². The molecule has 14 heteroatoms. The molecule has 1 unspecified atom stereocenters. The second-order valence-corrected chi connectivity index (χ2v) is 13.7. The lowest BCUT2D eigenvalue weighted by Gasteiger charge is -2.39. The molecule has 0 saturated carbocycles. The Hall–Kier alpha value is -5.08. The van der Waals surface area contributed by atoms with Crippen LogP contribution in [0.25, 0.3) is 28.7 Å². The third-order valence-electron chi connectivity index (χ3n) is 8.64. The summed E-state index contributed by atoms with van der Waals surface area (Å²) < 4.78 is 11.6. The third-order valence-corrected chi connectivity index (χ3v) is 9.74. The summed E-state index contributed by atoms with van der Waals surface area (Å²) in [5, 5.41) is 18.7. The van der Waals surface area contributed by atoms with Crippen molar-refractivity contribution in [3.63, 3.8) is 0 Å². The Morgan fingerprint density at radius 3 is 2.55 bits per heavy atom. The molecule has 0 spiro atoms. The van der Waals surface area contributed by atoms with Crippen molar-refractivity contribution in [1.82, 2.24) is 30.4 Å². The normalized spacial score (nSPS) is 14.5. The zero-order valence-electron chi connectivity index (χ0n) is 28.5. The van der Waals surface area contributed by atoms with E-state index < -0.39 is 12.1 Å². The number of piperazine rings is 1. The molecule has 7 rings (SSSR count). The number of hydrogen-bond acceptors (Lipinski definition) is 11. The summed E-state index contributed by atoms with van der Waals surface area (Å²) in [4.78, 5) is 25.6. The number of carbonyl (C=O) groups is 1. The number of ether oxygens (including phenoxy) is 1. The van der Waals surface area contributed by atoms with E-state index in [1.165, 1.54) is 5.56 Å². The van der Waals surface area contributed by atoms with Crippen molar-refractivity contribution in [2.24, 2.45) is 5.84 Å². The average molecular weight is 771 g/mol. The van der Waals surface area contributed by atoms with Crippen LogP contribution in [0.1, 0.15) is 27.6 Å². The van der Waals surface area contributed by atoms with Crippen LogP contribution < -0.4 is 16.0 Å². The van der Waals surface area contributed by atoms with Gasteiger partial charge in [0.15, 0.2) is 6.23 Å². The van der Waals surface area contributed by atoms with Gasteiger partial charge >= 0.3 is 0 Å². The molecule has 272 valence electrons. The summed E-state index contributed by atoms with van der Waals surface area (Å²) >= 11 is 7.61. The van der Waals surface area contributed by atoms with Crippen LogP contribution in [0.15, 0.2) is 119 Å². The van der Waals surface area contributed by atoms with Crippen LogP contribution in [0.2, 0.25) is 5.02 Å². The average Bonchev–Trinajstić information content (AvgIpc) is 3.85. The van der Waals surface area contributed by atoms with Crippen LogP contribution in [0, 0.1) is 0 Å². The van der Waals surface area contributed by atoms with Crippen molar-refractivity contribution in [2.45, 2.75) is 25.8 Å². The maximum atomic E-state index is 12.2. The van der Waals surface area contributed by atoms with Crippen LogP contribution in [-0.2, 0) is 24.4 Å². The molecule has 1 atom stereocenters. The van der Waals surface area contributed by atoms with E-state index in [2.05, 4.69) is 38.6 Å². The van der Waals surface area contributed by atoms with Gasteiger partial charge in [0.1, 0.15) is 12.4 Å². The molecular formula is C39H37Cl2N7O4S. The van der Waals surface area contributed by atoms with Crippen LogP contribution in [0.3, 0.4) is 0 Å². The summed E-state index contributed by atoms with van der Waals surface area (Å²) in [6.07, 6.45) is 1.43. The molecule has 1 fully saturated rings. The Morgan fingerprint density at radius 1 is 0.981 bits per heavy atom. The molecule has 1 aliphatic heterocycles. The molecule has 1 amide bonds. The van der Waals surface area contributed by atoms with Crippen LogP contribution in [0.5, 0.6) is 5.75 Å². The highest BCUT2D eigenvalue weighted by atomic mass is 35.5. The molecule has 1 saturated heterocycles. The Balaban J connectivity index is 0.00000481. The summed E-state index contributed by atoms with van der Waals surface area (Å²) in [7, 11) is 0. The largest absolute Gasteiger partial charge is 0.489 e. The maximum absolute atomic E-state index is 12.2. The predicted molar refractivity (Wildman–Crippen MR) is 208 cm³/mol. The molecular weight excluding hydrogens is 733 g/mol. The van der Waals surface area contributed by atoms with E-state index in [0.29, 0.717) is 43.0 Å². The van der Waals surface area contributed by atoms with Crippen LogP contribution in [0.4, 0.5) is 0 Å². The van der Waals surface area contributed by atoms with Gasteiger partial charge in [0, 0.05) is 53.3 Å². The Bertz CT molecular complexity index is 2140. The topological polar surface area (TPSA) is 143 Å². The van der Waals surface area contributed by atoms with Gasteiger partial charge in [-0.1, -0.05) is 89.6 Å². The Labute approximate surface area is 322 Å². The van der Waals surface area contributed by atoms with Crippen molar-refractivity contribution in [3.8, 4) is 28.4 Å². The first-order valence-corrected chi connectivity index (χ1v) is 17.9. The fourth-order valence-corrected chi connectivity index (χ4v) is 6.83. The van der Waals surface area contributed by atoms with E-state index in [1.54, 1.807) is 28.4 Å². The number of rotatable bonds is 12. The molecule has 4 N–H and O–H groups in total. The lowest BCUT2D eigenvalue weighted by Crippen LogP contribution is -2.54. The van der Waals surface area contributed by atoms with Gasteiger partial charge in [-0.2, -0.15) is 4.98 Å². The number of nitrogens with one attached hydrogen (secondary N) is 1. The lowest BCUT2D eigenvalue weighted by atomic mass is 10.1. The number of thiazole rings is 1. The van der Waals surface area contributed by atoms with Gasteiger partial charge in [-0.15, -0.1) is 23.7 Å². The summed E-state index contributed by atoms with van der Waals surface area (Å²) in [6, 6.07) is 33.5. The SMILES string of the molecule is Cl.NNC(=O)C(O)N1CCN(Cc2nc(-c3ccc(COc4ccc(Cl)cc4)cc3)no2)C(=Cc2cccc(-c3csc(Cc4ccccc4)n3)c2)C1. The van der Waals surface area contributed by atoms with Crippen molar-refractivity contribution < 1.29 is 19.2 Å². The number of carbonyl (C=O) groups excluding carboxylic acids is 1. The molecule has 1 aliphatic rings. The van der Waals surface area contributed by atoms with Crippen LogP contribution >= 0.6 is 35.3 Å². The second-order valence-electron chi connectivity index (χ2n) is 12.3. The summed E-state index contributed by atoms with van der Waals surface area (Å²) in [6.45, 7) is 1.94. The molecule has 2 aromatic heterocycles. The zero-order chi connectivity index (χ0) is 35.9. The summed E-state index contributed by atoms with van der Waals surface area (Å²) in [5.41, 5.74) is 8.78. The number of hydrogen-bond donors (Lipinski definition) is 3. The van der Waals surface area contributed by atoms with E-state index in [1.807, 2.05) is 84.3 Å². The van der Waals surface area contributed by atoms with Crippen molar-refractivity contribution in [3.05, 3.63) is 147 Å². The fourth-order valence-electron chi connectivity index (χ4n) is 5.87. The number of aromatic nitrogens is 3. The molecule has 0 bridgehead atoms. The monoisotopic (exact) mass is 769 g/mol. The first-order chi connectivity index (χ1) is 25.4. The maximum Gasteiger partial charge on any atom is 0.278 e. The predicted octanol–water partition coefficient (Wildman–Crippen LogP) is 6.57. The molecule has 0 aliphatic carbocycles. The van der Waals surface area contributed by atoms with Crippen molar-refractivity contribution in [2.75, 3.05) is 19.6 Å². The van der Waals surface area contributed by atoms with Crippen LogP contribution in [-0.4, -0.2) is 61.8 Å². The molecule has 3 heterocycles. The molecule has 6 aromatic rings. The molecule has 11 nitrogen and oxygen atoms in total. The van der Waals surface area contributed by atoms with Gasteiger partial charge in [0.05, 0.1) is 17.2 Å². The number of nitrogens with two attached hydrogens (primary N) is 1. The second kappa shape index (κ2) is 17.6. The minimum absolute atomic E-state index is 0. The van der Waals surface area contributed by atoms with E-state index in [4.69, 9.17) is 31.7 Å². The number of amides is 1. The minimum Gasteiger partial charge on any atom is -0.489 e. The van der Waals surface area contributed by atoms with E-state index in [0.717, 1.165) is 50.8 Å². The lowest BCUT2D eigenvalue weighted by molar-refractivity contribution is -0.140. The van der Waals surface area contributed by atoms with Gasteiger partial charge in [-0.05, 0) is 53.1 Å². The first kappa shape index (κ1) is 37.7. The van der Waals surface area contributed by atoms with Crippen molar-refractivity contribution in [1.29, 1.82) is 0 Å². The highest BCUT2D eigenvalue weighted by Gasteiger charge is 2.30. The quantitative estimate of drug-likeness (QED) is 0.0711. The number of aliphatic hydroxyl groups excluding tert-OH is 1. The first-order valence-electron chi connectivity index (χ1n) is 16.7. The Morgan fingerprint density at radius 2 is 1.77 bits per heavy atom.